The molecule has 2 aliphatic heterocycles. The molecule has 1 N–H and O–H groups in total. The van der Waals surface area contributed by atoms with Gasteiger partial charge >= 0.3 is 6.03 Å². The standard InChI is InChI=1S/C21H28N6O2/c1-16-15-19(25-9-5-6-10-25)24-20(22-16)26-11-13-27(14-12-26)21(28)23-17-7-3-4-8-18(17)29-2/h3-4,7-8,15H,5-6,9-14H2,1-2H3,(H,23,28). The number of amides is 2. The number of carbonyl (C=O) groups excluding carboxylic acids is 1. The fraction of sp³-hybridized carbons (Fsp3) is 0.476. The van der Waals surface area contributed by atoms with Crippen molar-refractivity contribution in [2.24, 2.45) is 0 Å². The van der Waals surface area contributed by atoms with E-state index in [1.807, 2.05) is 36.1 Å². The fourth-order valence-electron chi connectivity index (χ4n) is 3.84. The van der Waals surface area contributed by atoms with Gasteiger partial charge < -0.3 is 24.8 Å². The third-order valence-electron chi connectivity index (χ3n) is 5.46. The summed E-state index contributed by atoms with van der Waals surface area (Å²) >= 11 is 0. The van der Waals surface area contributed by atoms with Crippen LogP contribution in [-0.4, -0.2) is 67.3 Å². The average Bonchev–Trinajstić information content (AvgIpc) is 3.29. The molecule has 0 saturated carbocycles. The minimum Gasteiger partial charge on any atom is -0.495 e. The fourth-order valence-corrected chi connectivity index (χ4v) is 3.84. The highest BCUT2D eigenvalue weighted by molar-refractivity contribution is 5.91. The number of benzene rings is 1. The number of urea groups is 1. The van der Waals surface area contributed by atoms with Gasteiger partial charge in [-0.25, -0.2) is 9.78 Å². The summed E-state index contributed by atoms with van der Waals surface area (Å²) < 4.78 is 5.31. The molecule has 29 heavy (non-hydrogen) atoms. The van der Waals surface area contributed by atoms with Crippen LogP contribution < -0.4 is 19.9 Å². The second-order valence-electron chi connectivity index (χ2n) is 7.47. The second kappa shape index (κ2) is 8.55. The summed E-state index contributed by atoms with van der Waals surface area (Å²) in [7, 11) is 1.60. The molecule has 0 atom stereocenters. The van der Waals surface area contributed by atoms with Gasteiger partial charge in [0.05, 0.1) is 12.8 Å². The lowest BCUT2D eigenvalue weighted by atomic mass is 10.3. The van der Waals surface area contributed by atoms with Crippen LogP contribution in [0.1, 0.15) is 18.5 Å². The van der Waals surface area contributed by atoms with Crippen LogP contribution in [0.3, 0.4) is 0 Å². The Bertz CT molecular complexity index is 860. The van der Waals surface area contributed by atoms with Crippen LogP contribution in [0.5, 0.6) is 5.75 Å². The Morgan fingerprint density at radius 2 is 1.72 bits per heavy atom. The highest BCUT2D eigenvalue weighted by Gasteiger charge is 2.24. The number of aromatic nitrogens is 2. The van der Waals surface area contributed by atoms with Gasteiger partial charge in [0, 0.05) is 51.0 Å². The van der Waals surface area contributed by atoms with E-state index in [1.54, 1.807) is 7.11 Å². The zero-order valence-electron chi connectivity index (χ0n) is 17.1. The molecule has 0 spiro atoms. The van der Waals surface area contributed by atoms with E-state index in [4.69, 9.17) is 9.72 Å². The van der Waals surface area contributed by atoms with E-state index in [0.717, 1.165) is 30.5 Å². The topological polar surface area (TPSA) is 73.8 Å². The summed E-state index contributed by atoms with van der Waals surface area (Å²) in [6.45, 7) is 6.81. The molecule has 8 heteroatoms. The molecule has 2 aromatic rings. The molecule has 0 radical (unpaired) electrons. The van der Waals surface area contributed by atoms with E-state index in [-0.39, 0.29) is 6.03 Å². The first-order chi connectivity index (χ1) is 14.1. The Labute approximate surface area is 171 Å². The molecule has 2 fully saturated rings. The zero-order chi connectivity index (χ0) is 20.2. The van der Waals surface area contributed by atoms with Crippen LogP contribution in [0.15, 0.2) is 30.3 Å². The Morgan fingerprint density at radius 1 is 1.00 bits per heavy atom. The summed E-state index contributed by atoms with van der Waals surface area (Å²) in [5.74, 6) is 2.43. The van der Waals surface area contributed by atoms with Gasteiger partial charge in [0.1, 0.15) is 11.6 Å². The Balaban J connectivity index is 1.38. The van der Waals surface area contributed by atoms with Gasteiger partial charge in [-0.3, -0.25) is 0 Å². The second-order valence-corrected chi connectivity index (χ2v) is 7.47. The summed E-state index contributed by atoms with van der Waals surface area (Å²) in [5.41, 5.74) is 1.66. The zero-order valence-corrected chi connectivity index (χ0v) is 17.1. The van der Waals surface area contributed by atoms with E-state index in [2.05, 4.69) is 26.2 Å². The van der Waals surface area contributed by atoms with Gasteiger partial charge in [-0.15, -0.1) is 0 Å². The van der Waals surface area contributed by atoms with Gasteiger partial charge in [0.2, 0.25) is 5.95 Å². The molecule has 3 heterocycles. The molecule has 2 amide bonds. The number of hydrogen-bond donors (Lipinski definition) is 1. The van der Waals surface area contributed by atoms with Crippen LogP contribution in [0.2, 0.25) is 0 Å². The van der Waals surface area contributed by atoms with Crippen molar-refractivity contribution in [1.29, 1.82) is 0 Å². The van der Waals surface area contributed by atoms with Gasteiger partial charge in [0.25, 0.3) is 0 Å². The van der Waals surface area contributed by atoms with Crippen LogP contribution in [-0.2, 0) is 0 Å². The SMILES string of the molecule is COc1ccccc1NC(=O)N1CCN(c2nc(C)cc(N3CCCC3)n2)CC1. The number of hydrogen-bond acceptors (Lipinski definition) is 6. The molecule has 2 saturated heterocycles. The quantitative estimate of drug-likeness (QED) is 0.857. The molecule has 1 aromatic carbocycles. The van der Waals surface area contributed by atoms with Crippen LogP contribution in [0, 0.1) is 6.92 Å². The van der Waals surface area contributed by atoms with Gasteiger partial charge in [-0.1, -0.05) is 12.1 Å². The molecule has 4 rings (SSSR count). The average molecular weight is 396 g/mol. The Morgan fingerprint density at radius 3 is 2.45 bits per heavy atom. The molecule has 0 bridgehead atoms. The van der Waals surface area contributed by atoms with Crippen LogP contribution in [0.25, 0.3) is 0 Å². The maximum atomic E-state index is 12.7. The van der Waals surface area contributed by atoms with Crippen molar-refractivity contribution in [1.82, 2.24) is 14.9 Å². The highest BCUT2D eigenvalue weighted by Crippen LogP contribution is 2.24. The number of aryl methyl sites for hydroxylation is 1. The Hall–Kier alpha value is -3.03. The molecular weight excluding hydrogens is 368 g/mol. The number of rotatable bonds is 4. The molecule has 8 nitrogen and oxygen atoms in total. The largest absolute Gasteiger partial charge is 0.495 e. The number of nitrogens with one attached hydrogen (secondary N) is 1. The molecule has 0 aliphatic carbocycles. The van der Waals surface area contributed by atoms with E-state index in [0.29, 0.717) is 37.6 Å². The third kappa shape index (κ3) is 4.36. The van der Waals surface area contributed by atoms with Gasteiger partial charge in [0.15, 0.2) is 0 Å². The lowest BCUT2D eigenvalue weighted by molar-refractivity contribution is 0.208. The van der Waals surface area contributed by atoms with Gasteiger partial charge in [-0.2, -0.15) is 4.98 Å². The van der Waals surface area contributed by atoms with Crippen molar-refractivity contribution < 1.29 is 9.53 Å². The predicted octanol–water partition coefficient (Wildman–Crippen LogP) is 2.75. The molecule has 154 valence electrons. The third-order valence-corrected chi connectivity index (χ3v) is 5.46. The first-order valence-electron chi connectivity index (χ1n) is 10.2. The van der Waals surface area contributed by atoms with Crippen molar-refractivity contribution in [2.75, 3.05) is 61.5 Å². The van der Waals surface area contributed by atoms with Crippen molar-refractivity contribution in [2.45, 2.75) is 19.8 Å². The number of methoxy groups -OCH3 is 1. The lowest BCUT2D eigenvalue weighted by Crippen LogP contribution is -2.50. The number of anilines is 3. The number of nitrogens with zero attached hydrogens (tertiary/aromatic N) is 5. The van der Waals surface area contributed by atoms with Crippen molar-refractivity contribution >= 4 is 23.5 Å². The minimum absolute atomic E-state index is 0.114. The predicted molar refractivity (Wildman–Crippen MR) is 114 cm³/mol. The minimum atomic E-state index is -0.114. The summed E-state index contributed by atoms with van der Waals surface area (Å²) in [6.07, 6.45) is 2.44. The normalized spacial score (nSPS) is 16.8. The van der Waals surface area contributed by atoms with Crippen molar-refractivity contribution in [3.8, 4) is 5.75 Å². The smallest absolute Gasteiger partial charge is 0.322 e. The summed E-state index contributed by atoms with van der Waals surface area (Å²) in [6, 6.07) is 9.38. The van der Waals surface area contributed by atoms with Crippen LogP contribution >= 0.6 is 0 Å². The molecule has 1 aromatic heterocycles. The molecule has 0 unspecified atom stereocenters. The van der Waals surface area contributed by atoms with Crippen LogP contribution in [0.4, 0.5) is 22.2 Å². The summed E-state index contributed by atoms with van der Waals surface area (Å²) in [4.78, 5) is 28.4. The molecular formula is C21H28N6O2. The first-order valence-corrected chi connectivity index (χ1v) is 10.2. The number of piperazine rings is 1. The Kier molecular flexibility index (Phi) is 5.69. The van der Waals surface area contributed by atoms with Crippen molar-refractivity contribution in [3.63, 3.8) is 0 Å². The maximum Gasteiger partial charge on any atom is 0.322 e. The monoisotopic (exact) mass is 396 g/mol. The number of carbonyl (C=O) groups is 1. The molecule has 2 aliphatic rings. The van der Waals surface area contributed by atoms with E-state index >= 15 is 0 Å². The van der Waals surface area contributed by atoms with E-state index in [1.165, 1.54) is 12.8 Å². The van der Waals surface area contributed by atoms with Gasteiger partial charge in [-0.05, 0) is 31.9 Å². The first kappa shape index (κ1) is 19.3. The van der Waals surface area contributed by atoms with Crippen molar-refractivity contribution in [3.05, 3.63) is 36.0 Å². The summed E-state index contributed by atoms with van der Waals surface area (Å²) in [5, 5.41) is 2.95. The number of ether oxygens (including phenoxy) is 1. The lowest BCUT2D eigenvalue weighted by Gasteiger charge is -2.35. The van der Waals surface area contributed by atoms with E-state index < -0.39 is 0 Å². The highest BCUT2D eigenvalue weighted by atomic mass is 16.5. The number of para-hydroxylation sites is 2. The maximum absolute atomic E-state index is 12.7. The van der Waals surface area contributed by atoms with E-state index in [9.17, 15) is 4.79 Å².